The van der Waals surface area contributed by atoms with Crippen molar-refractivity contribution in [3.8, 4) is 11.3 Å². The number of anilines is 3. The Morgan fingerprint density at radius 2 is 1.90 bits per heavy atom. The zero-order chi connectivity index (χ0) is 20.1. The highest BCUT2D eigenvalue weighted by atomic mass is 32.1. The van der Waals surface area contributed by atoms with Crippen molar-refractivity contribution in [3.05, 3.63) is 77.4 Å². The smallest absolute Gasteiger partial charge is 0.319 e. The number of benzene rings is 2. The predicted octanol–water partition coefficient (Wildman–Crippen LogP) is 4.91. The number of hydrogen-bond acceptors (Lipinski definition) is 5. The summed E-state index contributed by atoms with van der Waals surface area (Å²) in [6.07, 6.45) is 3.41. The normalized spacial score (nSPS) is 10.5. The Balaban J connectivity index is 1.34. The summed E-state index contributed by atoms with van der Waals surface area (Å²) in [5.74, 6) is 0. The van der Waals surface area contributed by atoms with Crippen molar-refractivity contribution >= 4 is 33.9 Å². The maximum absolute atomic E-state index is 12.0. The summed E-state index contributed by atoms with van der Waals surface area (Å²) < 4.78 is 0. The quantitative estimate of drug-likeness (QED) is 0.367. The Labute approximate surface area is 172 Å². The number of carbonyl (C=O) groups is 1. The van der Waals surface area contributed by atoms with Crippen molar-refractivity contribution in [2.45, 2.75) is 13.5 Å². The van der Waals surface area contributed by atoms with Gasteiger partial charge in [-0.3, -0.25) is 5.10 Å². The lowest BCUT2D eigenvalue weighted by molar-refractivity contribution is 0.251. The fourth-order valence-corrected chi connectivity index (χ4v) is 3.54. The van der Waals surface area contributed by atoms with E-state index in [0.717, 1.165) is 27.6 Å². The van der Waals surface area contributed by atoms with Gasteiger partial charge < -0.3 is 16.0 Å². The molecule has 0 saturated heterocycles. The van der Waals surface area contributed by atoms with Gasteiger partial charge in [0.25, 0.3) is 0 Å². The number of aryl methyl sites for hydroxylation is 1. The van der Waals surface area contributed by atoms with Crippen LogP contribution in [-0.2, 0) is 6.54 Å². The van der Waals surface area contributed by atoms with Gasteiger partial charge in [0.2, 0.25) is 0 Å². The van der Waals surface area contributed by atoms with Gasteiger partial charge in [-0.15, -0.1) is 11.3 Å². The second-order valence-electron chi connectivity index (χ2n) is 6.47. The highest BCUT2D eigenvalue weighted by Crippen LogP contribution is 2.29. The van der Waals surface area contributed by atoms with Gasteiger partial charge in [0.15, 0.2) is 5.13 Å². The Morgan fingerprint density at radius 1 is 1.10 bits per heavy atom. The van der Waals surface area contributed by atoms with Crippen LogP contribution in [0.2, 0.25) is 0 Å². The van der Waals surface area contributed by atoms with Crippen LogP contribution in [0.5, 0.6) is 0 Å². The van der Waals surface area contributed by atoms with Gasteiger partial charge in [0.05, 0.1) is 11.9 Å². The molecule has 0 bridgehead atoms. The first-order valence-corrected chi connectivity index (χ1v) is 9.96. The van der Waals surface area contributed by atoms with E-state index in [4.69, 9.17) is 0 Å². The number of carbonyl (C=O) groups excluding carboxylic acids is 1. The van der Waals surface area contributed by atoms with Crippen LogP contribution in [0.4, 0.5) is 21.3 Å². The van der Waals surface area contributed by atoms with Crippen LogP contribution in [0.25, 0.3) is 11.3 Å². The van der Waals surface area contributed by atoms with Crippen molar-refractivity contribution < 1.29 is 4.79 Å². The lowest BCUT2D eigenvalue weighted by Gasteiger charge is -2.08. The maximum atomic E-state index is 12.0. The van der Waals surface area contributed by atoms with Crippen molar-refractivity contribution in [1.82, 2.24) is 20.5 Å². The fraction of sp³-hybridized carbons (Fsp3) is 0.0952. The number of amides is 2. The molecule has 29 heavy (non-hydrogen) atoms. The molecule has 0 radical (unpaired) electrons. The van der Waals surface area contributed by atoms with Crippen molar-refractivity contribution in [1.29, 1.82) is 0 Å². The first-order valence-electron chi connectivity index (χ1n) is 9.08. The second-order valence-corrected chi connectivity index (χ2v) is 7.33. The number of hydrogen-bond donors (Lipinski definition) is 4. The third-order valence-electron chi connectivity index (χ3n) is 4.33. The van der Waals surface area contributed by atoms with Crippen LogP contribution in [0.3, 0.4) is 0 Å². The first-order chi connectivity index (χ1) is 14.2. The fourth-order valence-electron chi connectivity index (χ4n) is 2.81. The molecule has 2 amide bonds. The average Bonchev–Trinajstić information content (AvgIpc) is 3.40. The number of aromatic nitrogens is 3. The molecule has 0 fully saturated rings. The molecular formula is C21H20N6OS. The zero-order valence-corrected chi connectivity index (χ0v) is 16.6. The number of H-pyrrole nitrogens is 1. The van der Waals surface area contributed by atoms with Gasteiger partial charge in [-0.05, 0) is 36.8 Å². The van der Waals surface area contributed by atoms with Gasteiger partial charge in [0, 0.05) is 40.6 Å². The second kappa shape index (κ2) is 8.57. The van der Waals surface area contributed by atoms with Crippen LogP contribution in [-0.4, -0.2) is 21.2 Å². The molecule has 4 aromatic rings. The van der Waals surface area contributed by atoms with E-state index in [2.05, 4.69) is 50.2 Å². The van der Waals surface area contributed by atoms with E-state index in [1.54, 1.807) is 23.7 Å². The maximum Gasteiger partial charge on any atom is 0.319 e. The average molecular weight is 404 g/mol. The lowest BCUT2D eigenvalue weighted by atomic mass is 10.1. The minimum atomic E-state index is -0.269. The highest BCUT2D eigenvalue weighted by Gasteiger charge is 2.07. The molecule has 0 spiro atoms. The Morgan fingerprint density at radius 3 is 2.66 bits per heavy atom. The molecule has 0 aliphatic rings. The number of aromatic amines is 1. The van der Waals surface area contributed by atoms with E-state index < -0.39 is 0 Å². The van der Waals surface area contributed by atoms with Crippen molar-refractivity contribution in [2.75, 3.05) is 10.6 Å². The van der Waals surface area contributed by atoms with Crippen molar-refractivity contribution in [3.63, 3.8) is 0 Å². The summed E-state index contributed by atoms with van der Waals surface area (Å²) in [7, 11) is 0. The molecule has 4 rings (SSSR count). The van der Waals surface area contributed by atoms with Gasteiger partial charge in [0.1, 0.15) is 0 Å². The molecule has 4 N–H and O–H groups in total. The zero-order valence-electron chi connectivity index (χ0n) is 15.8. The third-order valence-corrected chi connectivity index (χ3v) is 5.08. The molecule has 0 aliphatic carbocycles. The minimum Gasteiger partial charge on any atom is -0.334 e. The predicted molar refractivity (Wildman–Crippen MR) is 116 cm³/mol. The minimum absolute atomic E-state index is 0.269. The van der Waals surface area contributed by atoms with Crippen LogP contribution >= 0.6 is 11.3 Å². The van der Waals surface area contributed by atoms with Crippen LogP contribution < -0.4 is 16.0 Å². The SMILES string of the molecule is Cc1ccccc1-c1csc(Nc2ccc(NC(=O)NCc3cn[nH]c3)cc2)n1. The van der Waals surface area contributed by atoms with Crippen LogP contribution in [0.15, 0.2) is 66.3 Å². The van der Waals surface area contributed by atoms with E-state index in [1.165, 1.54) is 5.56 Å². The molecule has 146 valence electrons. The van der Waals surface area contributed by atoms with E-state index in [-0.39, 0.29) is 6.03 Å². The van der Waals surface area contributed by atoms with Crippen LogP contribution in [0, 0.1) is 6.92 Å². The molecular weight excluding hydrogens is 384 g/mol. The molecule has 2 heterocycles. The molecule has 8 heteroatoms. The summed E-state index contributed by atoms with van der Waals surface area (Å²) in [5.41, 5.74) is 5.82. The molecule has 0 unspecified atom stereocenters. The topological polar surface area (TPSA) is 94.7 Å². The Hall–Kier alpha value is -3.65. The summed E-state index contributed by atoms with van der Waals surface area (Å²) in [6.45, 7) is 2.49. The molecule has 2 aromatic carbocycles. The monoisotopic (exact) mass is 404 g/mol. The highest BCUT2D eigenvalue weighted by molar-refractivity contribution is 7.14. The molecule has 2 aromatic heterocycles. The number of nitrogens with one attached hydrogen (secondary N) is 4. The van der Waals surface area contributed by atoms with E-state index >= 15 is 0 Å². The lowest BCUT2D eigenvalue weighted by Crippen LogP contribution is -2.27. The summed E-state index contributed by atoms with van der Waals surface area (Å²) in [6, 6.07) is 15.4. The summed E-state index contributed by atoms with van der Waals surface area (Å²) in [5, 5.41) is 18.3. The van der Waals surface area contributed by atoms with Gasteiger partial charge in [-0.1, -0.05) is 24.3 Å². The Bertz CT molecular complexity index is 1090. The van der Waals surface area contributed by atoms with Crippen LogP contribution in [0.1, 0.15) is 11.1 Å². The largest absolute Gasteiger partial charge is 0.334 e. The molecule has 7 nitrogen and oxygen atoms in total. The summed E-state index contributed by atoms with van der Waals surface area (Å²) >= 11 is 1.56. The molecule has 0 atom stereocenters. The number of urea groups is 1. The van der Waals surface area contributed by atoms with Gasteiger partial charge in [-0.2, -0.15) is 5.10 Å². The van der Waals surface area contributed by atoms with E-state index in [9.17, 15) is 4.79 Å². The molecule has 0 aliphatic heterocycles. The van der Waals surface area contributed by atoms with Gasteiger partial charge in [-0.25, -0.2) is 9.78 Å². The van der Waals surface area contributed by atoms with Crippen molar-refractivity contribution in [2.24, 2.45) is 0 Å². The standard InChI is InChI=1S/C21H20N6OS/c1-14-4-2-3-5-18(14)19-13-29-21(27-19)26-17-8-6-16(7-9-17)25-20(28)22-10-15-11-23-24-12-15/h2-9,11-13H,10H2,1H3,(H,23,24)(H,26,27)(H2,22,25,28). The van der Waals surface area contributed by atoms with E-state index in [0.29, 0.717) is 12.2 Å². The number of nitrogens with zero attached hydrogens (tertiary/aromatic N) is 2. The third kappa shape index (κ3) is 4.80. The van der Waals surface area contributed by atoms with Gasteiger partial charge >= 0.3 is 6.03 Å². The Kier molecular flexibility index (Phi) is 5.53. The number of thiazole rings is 1. The summed E-state index contributed by atoms with van der Waals surface area (Å²) in [4.78, 5) is 16.6. The van der Waals surface area contributed by atoms with E-state index in [1.807, 2.05) is 41.8 Å². The first kappa shape index (κ1) is 18.7. The number of rotatable bonds is 6. The molecule has 0 saturated carbocycles.